The van der Waals surface area contributed by atoms with Crippen molar-refractivity contribution in [1.82, 2.24) is 4.98 Å². The predicted octanol–water partition coefficient (Wildman–Crippen LogP) is 7.11. The molecule has 4 aromatic rings. The Balaban J connectivity index is 1.49. The van der Waals surface area contributed by atoms with Gasteiger partial charge in [-0.15, -0.1) is 0 Å². The van der Waals surface area contributed by atoms with Crippen molar-refractivity contribution in [2.75, 3.05) is 0 Å². The van der Waals surface area contributed by atoms with Gasteiger partial charge in [-0.25, -0.2) is 4.98 Å². The van der Waals surface area contributed by atoms with Crippen LogP contribution in [0.2, 0.25) is 0 Å². The van der Waals surface area contributed by atoms with E-state index in [0.29, 0.717) is 16.6 Å². The Bertz CT molecular complexity index is 1100. The molecular formula is C22H16F3NOS. The maximum Gasteiger partial charge on any atom is 0.416 e. The lowest BCUT2D eigenvalue weighted by atomic mass is 10.0. The fourth-order valence-corrected chi connectivity index (χ4v) is 3.62. The molecule has 1 heterocycles. The number of fused-ring (bicyclic) bond motifs is 1. The molecule has 0 saturated carbocycles. The van der Waals surface area contributed by atoms with Crippen LogP contribution in [0, 0.1) is 6.92 Å². The van der Waals surface area contributed by atoms with Gasteiger partial charge in [-0.3, -0.25) is 0 Å². The molecule has 4 rings (SSSR count). The lowest BCUT2D eigenvalue weighted by molar-refractivity contribution is -0.137. The number of benzene rings is 3. The summed E-state index contributed by atoms with van der Waals surface area (Å²) in [5.41, 5.74) is 4.92. The van der Waals surface area contributed by atoms with Gasteiger partial charge in [0.1, 0.15) is 5.52 Å². The Hall–Kier alpha value is -2.73. The highest BCUT2D eigenvalue weighted by Crippen LogP contribution is 2.32. The summed E-state index contributed by atoms with van der Waals surface area (Å²) >= 11 is 1.36. The molecule has 0 atom stereocenters. The van der Waals surface area contributed by atoms with E-state index >= 15 is 0 Å². The van der Waals surface area contributed by atoms with Gasteiger partial charge in [-0.2, -0.15) is 13.2 Å². The monoisotopic (exact) mass is 399 g/mol. The molecule has 2 nitrogen and oxygen atoms in total. The van der Waals surface area contributed by atoms with Crippen molar-refractivity contribution >= 4 is 22.9 Å². The quantitative estimate of drug-likeness (QED) is 0.342. The molecule has 28 heavy (non-hydrogen) atoms. The molecule has 0 aliphatic rings. The van der Waals surface area contributed by atoms with Gasteiger partial charge in [0.15, 0.2) is 5.58 Å². The zero-order chi connectivity index (χ0) is 19.7. The number of halogens is 3. The van der Waals surface area contributed by atoms with E-state index in [9.17, 15) is 13.2 Å². The summed E-state index contributed by atoms with van der Waals surface area (Å²) in [4.78, 5) is 4.45. The van der Waals surface area contributed by atoms with Crippen LogP contribution in [0.1, 0.15) is 16.7 Å². The first-order chi connectivity index (χ1) is 13.4. The predicted molar refractivity (Wildman–Crippen MR) is 105 cm³/mol. The SMILES string of the molecule is Cc1ccc(-c2ccc3nc(SCc4ccc(C(F)(F)F)cc4)oc3c2)cc1. The summed E-state index contributed by atoms with van der Waals surface area (Å²) in [5, 5.41) is 0.496. The Morgan fingerprint density at radius 3 is 2.25 bits per heavy atom. The van der Waals surface area contributed by atoms with Crippen molar-refractivity contribution in [2.24, 2.45) is 0 Å². The fourth-order valence-electron chi connectivity index (χ4n) is 2.83. The number of rotatable bonds is 4. The van der Waals surface area contributed by atoms with Crippen LogP contribution in [0.5, 0.6) is 0 Å². The van der Waals surface area contributed by atoms with Crippen LogP contribution < -0.4 is 0 Å². The molecule has 3 aromatic carbocycles. The van der Waals surface area contributed by atoms with E-state index in [2.05, 4.69) is 29.2 Å². The highest BCUT2D eigenvalue weighted by molar-refractivity contribution is 7.98. The molecule has 0 amide bonds. The standard InChI is InChI=1S/C22H16F3NOS/c1-14-2-6-16(7-3-14)17-8-11-19-20(12-17)27-21(26-19)28-13-15-4-9-18(10-5-15)22(23,24)25/h2-12H,13H2,1H3. The van der Waals surface area contributed by atoms with Gasteiger partial charge in [-0.05, 0) is 47.9 Å². The Morgan fingerprint density at radius 1 is 0.893 bits per heavy atom. The smallest absolute Gasteiger partial charge is 0.416 e. The molecule has 0 aliphatic heterocycles. The van der Waals surface area contributed by atoms with Gasteiger partial charge < -0.3 is 4.42 Å². The summed E-state index contributed by atoms with van der Waals surface area (Å²) in [6, 6.07) is 19.3. The third-order valence-corrected chi connectivity index (χ3v) is 5.30. The lowest BCUT2D eigenvalue weighted by Gasteiger charge is -2.06. The van der Waals surface area contributed by atoms with Crippen LogP contribution in [0.3, 0.4) is 0 Å². The second-order valence-electron chi connectivity index (χ2n) is 6.51. The second-order valence-corrected chi connectivity index (χ2v) is 7.44. The van der Waals surface area contributed by atoms with Crippen molar-refractivity contribution in [3.63, 3.8) is 0 Å². The first-order valence-corrected chi connectivity index (χ1v) is 9.64. The van der Waals surface area contributed by atoms with Crippen LogP contribution in [0.15, 0.2) is 76.4 Å². The average molecular weight is 399 g/mol. The zero-order valence-corrected chi connectivity index (χ0v) is 15.8. The van der Waals surface area contributed by atoms with Crippen molar-refractivity contribution in [3.8, 4) is 11.1 Å². The van der Waals surface area contributed by atoms with Crippen molar-refractivity contribution in [2.45, 2.75) is 24.1 Å². The van der Waals surface area contributed by atoms with E-state index in [-0.39, 0.29) is 0 Å². The van der Waals surface area contributed by atoms with Crippen LogP contribution in [-0.2, 0) is 11.9 Å². The summed E-state index contributed by atoms with van der Waals surface area (Å²) in [7, 11) is 0. The Labute approximate surface area is 164 Å². The van der Waals surface area contributed by atoms with Crippen LogP contribution >= 0.6 is 11.8 Å². The van der Waals surface area contributed by atoms with E-state index in [0.717, 1.165) is 34.3 Å². The molecule has 0 saturated heterocycles. The lowest BCUT2D eigenvalue weighted by Crippen LogP contribution is -2.04. The minimum absolute atomic E-state index is 0.482. The molecule has 0 unspecified atom stereocenters. The maximum atomic E-state index is 12.6. The minimum atomic E-state index is -4.32. The number of nitrogens with zero attached hydrogens (tertiary/aromatic N) is 1. The van der Waals surface area contributed by atoms with E-state index in [4.69, 9.17) is 4.42 Å². The molecule has 0 spiro atoms. The van der Waals surface area contributed by atoms with Gasteiger partial charge in [-0.1, -0.05) is 59.8 Å². The number of aromatic nitrogens is 1. The van der Waals surface area contributed by atoms with E-state index in [1.165, 1.54) is 29.5 Å². The minimum Gasteiger partial charge on any atom is -0.431 e. The van der Waals surface area contributed by atoms with Crippen LogP contribution in [0.4, 0.5) is 13.2 Å². The van der Waals surface area contributed by atoms with E-state index in [1.54, 1.807) is 0 Å². The topological polar surface area (TPSA) is 26.0 Å². The van der Waals surface area contributed by atoms with Gasteiger partial charge in [0, 0.05) is 5.75 Å². The van der Waals surface area contributed by atoms with Gasteiger partial charge in [0.05, 0.1) is 5.56 Å². The summed E-state index contributed by atoms with van der Waals surface area (Å²) in [5.74, 6) is 0.482. The molecular weight excluding hydrogens is 383 g/mol. The van der Waals surface area contributed by atoms with Crippen LogP contribution in [-0.4, -0.2) is 4.98 Å². The third-order valence-electron chi connectivity index (χ3n) is 4.40. The summed E-state index contributed by atoms with van der Waals surface area (Å²) < 4.78 is 43.7. The number of alkyl halides is 3. The van der Waals surface area contributed by atoms with Gasteiger partial charge in [0.2, 0.25) is 0 Å². The highest BCUT2D eigenvalue weighted by atomic mass is 32.2. The van der Waals surface area contributed by atoms with Crippen molar-refractivity contribution < 1.29 is 17.6 Å². The first kappa shape index (κ1) is 18.6. The number of thioether (sulfide) groups is 1. The third kappa shape index (κ3) is 4.07. The summed E-state index contributed by atoms with van der Waals surface area (Å²) in [6.45, 7) is 2.05. The number of aryl methyl sites for hydroxylation is 1. The molecule has 0 aliphatic carbocycles. The molecule has 142 valence electrons. The summed E-state index contributed by atoms with van der Waals surface area (Å²) in [6.07, 6.45) is -4.32. The van der Waals surface area contributed by atoms with E-state index < -0.39 is 11.7 Å². The van der Waals surface area contributed by atoms with Gasteiger partial charge in [0.25, 0.3) is 5.22 Å². The Kier molecular flexibility index (Phi) is 4.89. The fraction of sp³-hybridized carbons (Fsp3) is 0.136. The van der Waals surface area contributed by atoms with Gasteiger partial charge >= 0.3 is 6.18 Å². The zero-order valence-electron chi connectivity index (χ0n) is 15.0. The number of hydrogen-bond donors (Lipinski definition) is 0. The average Bonchev–Trinajstić information content (AvgIpc) is 3.09. The maximum absolute atomic E-state index is 12.6. The highest BCUT2D eigenvalue weighted by Gasteiger charge is 2.29. The molecule has 0 radical (unpaired) electrons. The Morgan fingerprint density at radius 2 is 1.57 bits per heavy atom. The molecule has 0 bridgehead atoms. The molecule has 1 aromatic heterocycles. The van der Waals surface area contributed by atoms with Crippen molar-refractivity contribution in [1.29, 1.82) is 0 Å². The molecule has 0 fully saturated rings. The first-order valence-electron chi connectivity index (χ1n) is 8.65. The second kappa shape index (κ2) is 7.36. The largest absolute Gasteiger partial charge is 0.431 e. The number of hydrogen-bond acceptors (Lipinski definition) is 3. The van der Waals surface area contributed by atoms with E-state index in [1.807, 2.05) is 25.1 Å². The molecule has 6 heteroatoms. The molecule has 0 N–H and O–H groups in total. The van der Waals surface area contributed by atoms with Crippen LogP contribution in [0.25, 0.3) is 22.2 Å². The normalized spacial score (nSPS) is 11.9. The number of oxazole rings is 1. The van der Waals surface area contributed by atoms with Crippen molar-refractivity contribution in [3.05, 3.63) is 83.4 Å².